The zero-order chi connectivity index (χ0) is 11.6. The van der Waals surface area contributed by atoms with E-state index in [9.17, 15) is 9.18 Å². The van der Waals surface area contributed by atoms with Gasteiger partial charge >= 0.3 is 0 Å². The Kier molecular flexibility index (Phi) is 4.07. The fourth-order valence-electron chi connectivity index (χ4n) is 0.899. The third-order valence-corrected chi connectivity index (χ3v) is 2.59. The Labute approximate surface area is 99.9 Å². The highest BCUT2D eigenvalue weighted by Crippen LogP contribution is 2.31. The van der Waals surface area contributed by atoms with Crippen LogP contribution in [-0.4, -0.2) is 11.9 Å². The Morgan fingerprint density at radius 2 is 2.27 bits per heavy atom. The highest BCUT2D eigenvalue weighted by atomic mass is 79.9. The molecule has 15 heavy (non-hydrogen) atoms. The van der Waals surface area contributed by atoms with Crippen LogP contribution < -0.4 is 11.1 Å². The number of carbonyl (C=O) groups excluding carboxylic acids is 1. The third kappa shape index (κ3) is 3.15. The summed E-state index contributed by atoms with van der Waals surface area (Å²) in [5.74, 6) is -0.866. The minimum Gasteiger partial charge on any atom is -0.322 e. The fourth-order valence-corrected chi connectivity index (χ4v) is 1.80. The number of rotatable bonds is 2. The Morgan fingerprint density at radius 3 is 2.73 bits per heavy atom. The first-order valence-electron chi connectivity index (χ1n) is 4.13. The first kappa shape index (κ1) is 12.4. The first-order valence-corrected chi connectivity index (χ1v) is 5.30. The van der Waals surface area contributed by atoms with Gasteiger partial charge in [-0.1, -0.05) is 11.6 Å². The number of benzene rings is 1. The molecule has 6 heteroatoms. The molecule has 0 aromatic heterocycles. The van der Waals surface area contributed by atoms with Gasteiger partial charge in [-0.05, 0) is 35.0 Å². The quantitative estimate of drug-likeness (QED) is 0.881. The summed E-state index contributed by atoms with van der Waals surface area (Å²) in [6.07, 6.45) is 0. The van der Waals surface area contributed by atoms with E-state index >= 15 is 0 Å². The molecule has 0 heterocycles. The van der Waals surface area contributed by atoms with Crippen LogP contribution in [0, 0.1) is 5.82 Å². The summed E-state index contributed by atoms with van der Waals surface area (Å²) in [6, 6.07) is 1.67. The van der Waals surface area contributed by atoms with Crippen molar-refractivity contribution in [3.05, 3.63) is 27.4 Å². The van der Waals surface area contributed by atoms with Gasteiger partial charge in [0.25, 0.3) is 0 Å². The van der Waals surface area contributed by atoms with Gasteiger partial charge in [0.15, 0.2) is 0 Å². The number of carbonyl (C=O) groups is 1. The van der Waals surface area contributed by atoms with Crippen molar-refractivity contribution in [1.29, 1.82) is 0 Å². The summed E-state index contributed by atoms with van der Waals surface area (Å²) < 4.78 is 13.2. The van der Waals surface area contributed by atoms with Crippen molar-refractivity contribution in [3.8, 4) is 0 Å². The molecule has 0 fully saturated rings. The summed E-state index contributed by atoms with van der Waals surface area (Å²) >= 11 is 8.85. The van der Waals surface area contributed by atoms with E-state index in [0.29, 0.717) is 10.2 Å². The summed E-state index contributed by atoms with van der Waals surface area (Å²) in [7, 11) is 0. The highest BCUT2D eigenvalue weighted by Gasteiger charge is 2.13. The number of hydrogen-bond acceptors (Lipinski definition) is 2. The lowest BCUT2D eigenvalue weighted by Crippen LogP contribution is -2.32. The van der Waals surface area contributed by atoms with Crippen LogP contribution >= 0.6 is 27.5 Å². The molecule has 0 aliphatic carbocycles. The summed E-state index contributed by atoms with van der Waals surface area (Å²) in [4.78, 5) is 11.3. The molecule has 0 spiro atoms. The van der Waals surface area contributed by atoms with E-state index < -0.39 is 11.9 Å². The molecule has 3 nitrogen and oxygen atoms in total. The molecule has 1 rings (SSSR count). The van der Waals surface area contributed by atoms with Crippen molar-refractivity contribution < 1.29 is 9.18 Å². The SMILES string of the molecule is C[C@@H](N)C(=O)Nc1c(Cl)cc(F)cc1Br. The second kappa shape index (κ2) is 4.92. The molecule has 1 atom stereocenters. The summed E-state index contributed by atoms with van der Waals surface area (Å²) in [5, 5.41) is 2.62. The lowest BCUT2D eigenvalue weighted by molar-refractivity contribution is -0.117. The average molecular weight is 296 g/mol. The van der Waals surface area contributed by atoms with Gasteiger partial charge in [0.1, 0.15) is 5.82 Å². The second-order valence-corrected chi connectivity index (χ2v) is 4.28. The van der Waals surface area contributed by atoms with Gasteiger partial charge in [0, 0.05) is 4.47 Å². The predicted molar refractivity (Wildman–Crippen MR) is 61.4 cm³/mol. The van der Waals surface area contributed by atoms with E-state index in [1.807, 2.05) is 0 Å². The van der Waals surface area contributed by atoms with E-state index in [4.69, 9.17) is 17.3 Å². The maximum atomic E-state index is 12.9. The molecule has 82 valence electrons. The van der Waals surface area contributed by atoms with Gasteiger partial charge in [0.2, 0.25) is 5.91 Å². The molecule has 1 aromatic carbocycles. The number of hydrogen-bond donors (Lipinski definition) is 2. The lowest BCUT2D eigenvalue weighted by atomic mass is 10.2. The van der Waals surface area contributed by atoms with Crippen molar-refractivity contribution in [3.63, 3.8) is 0 Å². The second-order valence-electron chi connectivity index (χ2n) is 3.02. The topological polar surface area (TPSA) is 55.1 Å². The van der Waals surface area contributed by atoms with Crippen molar-refractivity contribution in [2.75, 3.05) is 5.32 Å². The average Bonchev–Trinajstić information content (AvgIpc) is 2.10. The predicted octanol–water partition coefficient (Wildman–Crippen LogP) is 2.53. The van der Waals surface area contributed by atoms with Crippen LogP contribution in [0.2, 0.25) is 5.02 Å². The van der Waals surface area contributed by atoms with E-state index in [1.165, 1.54) is 6.07 Å². The Bertz CT molecular complexity index is 375. The van der Waals surface area contributed by atoms with Crippen molar-refractivity contribution in [2.45, 2.75) is 13.0 Å². The molecule has 0 bridgehead atoms. The molecular formula is C9H9BrClFN2O. The van der Waals surface area contributed by atoms with Crippen molar-refractivity contribution in [1.82, 2.24) is 0 Å². The third-order valence-electron chi connectivity index (χ3n) is 1.67. The Hall–Kier alpha value is -0.650. The fraction of sp³-hybridized carbons (Fsp3) is 0.222. The molecule has 0 unspecified atom stereocenters. The van der Waals surface area contributed by atoms with E-state index in [2.05, 4.69) is 21.2 Å². The zero-order valence-electron chi connectivity index (χ0n) is 7.85. The number of anilines is 1. The first-order chi connectivity index (χ1) is 6.91. The maximum absolute atomic E-state index is 12.9. The number of nitrogens with two attached hydrogens (primary N) is 1. The van der Waals surface area contributed by atoms with Gasteiger partial charge < -0.3 is 11.1 Å². The summed E-state index contributed by atoms with van der Waals surface area (Å²) in [5.41, 5.74) is 5.69. The van der Waals surface area contributed by atoms with Crippen LogP contribution in [-0.2, 0) is 4.79 Å². The van der Waals surface area contributed by atoms with Gasteiger partial charge in [-0.3, -0.25) is 4.79 Å². The highest BCUT2D eigenvalue weighted by molar-refractivity contribution is 9.10. The van der Waals surface area contributed by atoms with Crippen LogP contribution in [0.3, 0.4) is 0 Å². The number of amides is 1. The van der Waals surface area contributed by atoms with Gasteiger partial charge in [-0.15, -0.1) is 0 Å². The number of nitrogens with one attached hydrogen (secondary N) is 1. The standard InChI is InChI=1S/C9H9BrClFN2O/c1-4(13)9(15)14-8-6(10)2-5(12)3-7(8)11/h2-4H,13H2,1H3,(H,14,15)/t4-/m1/s1. The smallest absolute Gasteiger partial charge is 0.241 e. The van der Waals surface area contributed by atoms with Crippen LogP contribution in [0.15, 0.2) is 16.6 Å². The van der Waals surface area contributed by atoms with Crippen LogP contribution in [0.25, 0.3) is 0 Å². The summed E-state index contributed by atoms with van der Waals surface area (Å²) in [6.45, 7) is 1.54. The molecule has 0 aliphatic heterocycles. The molecule has 0 saturated carbocycles. The molecular weight excluding hydrogens is 286 g/mol. The van der Waals surface area contributed by atoms with E-state index in [-0.39, 0.29) is 10.9 Å². The number of halogens is 3. The van der Waals surface area contributed by atoms with E-state index in [1.54, 1.807) is 6.92 Å². The van der Waals surface area contributed by atoms with Crippen LogP contribution in [0.4, 0.5) is 10.1 Å². The Balaban J connectivity index is 3.00. The monoisotopic (exact) mass is 294 g/mol. The molecule has 0 aliphatic rings. The Morgan fingerprint density at radius 1 is 1.67 bits per heavy atom. The van der Waals surface area contributed by atoms with Crippen molar-refractivity contribution in [2.24, 2.45) is 5.73 Å². The molecule has 0 saturated heterocycles. The van der Waals surface area contributed by atoms with E-state index in [0.717, 1.165) is 6.07 Å². The largest absolute Gasteiger partial charge is 0.322 e. The van der Waals surface area contributed by atoms with Crippen LogP contribution in [0.1, 0.15) is 6.92 Å². The van der Waals surface area contributed by atoms with Gasteiger partial charge in [-0.25, -0.2) is 4.39 Å². The molecule has 0 radical (unpaired) electrons. The van der Waals surface area contributed by atoms with Gasteiger partial charge in [0.05, 0.1) is 16.8 Å². The maximum Gasteiger partial charge on any atom is 0.241 e. The van der Waals surface area contributed by atoms with Crippen LogP contribution in [0.5, 0.6) is 0 Å². The zero-order valence-corrected chi connectivity index (χ0v) is 10.2. The normalized spacial score (nSPS) is 12.3. The minimum atomic E-state index is -0.655. The molecule has 1 amide bonds. The van der Waals surface area contributed by atoms with Crippen molar-refractivity contribution >= 4 is 39.1 Å². The molecule has 1 aromatic rings. The molecule has 3 N–H and O–H groups in total. The van der Waals surface area contributed by atoms with Gasteiger partial charge in [-0.2, -0.15) is 0 Å². The minimum absolute atomic E-state index is 0.121. The lowest BCUT2D eigenvalue weighted by Gasteiger charge is -2.11.